The lowest BCUT2D eigenvalue weighted by molar-refractivity contribution is 0.669. The maximum atomic E-state index is 6.74. The summed E-state index contributed by atoms with van der Waals surface area (Å²) in [5.74, 6) is 1.91. The lowest BCUT2D eigenvalue weighted by Gasteiger charge is -2.12. The topological polar surface area (TPSA) is 155 Å². The standard InChI is InChI=1S/3C45H27N3OS/c1-2-11-28(12-3-1)45-47-38(31-14-10-13-30(25-31)37-17-8-9-24-46-37)27-39(48-45)35-23-22-32(43-36-16-4-6-18-40(36)49-44(35)43)29-20-21-34-33-15-5-7-19-41(33)50-42(34)26-29;1-2-11-28(12-3-1)38-27-39(48-45(47-38)31-14-10-13-30(25-31)37-17-8-9-24-46-37)35-23-22-32(43-36-16-4-6-18-40(36)49-44(35)43)29-20-21-34-33-15-5-7-19-41(33)50-42(34)26-29;1-2-11-28(12-3-1)38-27-39(31-14-10-13-30(25-31)37-17-8-9-24-46-37)48-45(47-38)36-23-22-32(43-35-16-4-6-18-40(35)49-44(36)43)29-20-21-34-33-15-5-7-19-41(33)50-42(34)26-29/h3*1-27H. The van der Waals surface area contributed by atoms with Crippen LogP contribution in [0.15, 0.2) is 505 Å². The van der Waals surface area contributed by atoms with E-state index < -0.39 is 0 Å². The highest BCUT2D eigenvalue weighted by Gasteiger charge is 2.27. The van der Waals surface area contributed by atoms with E-state index in [1.807, 2.05) is 204 Å². The molecule has 0 fully saturated rings. The molecule has 12 aromatic heterocycles. The van der Waals surface area contributed by atoms with Crippen molar-refractivity contribution in [2.45, 2.75) is 0 Å². The summed E-state index contributed by atoms with van der Waals surface area (Å²) in [4.78, 5) is 44.8. The largest absolute Gasteiger partial charge is 0.455 e. The zero-order valence-corrected chi connectivity index (χ0v) is 82.7. The fourth-order valence-electron chi connectivity index (χ4n) is 21.0. The molecule has 0 aliphatic carbocycles. The van der Waals surface area contributed by atoms with Crippen molar-refractivity contribution < 1.29 is 13.3 Å². The van der Waals surface area contributed by atoms with Crippen molar-refractivity contribution >= 4 is 160 Å². The van der Waals surface area contributed by atoms with Gasteiger partial charge in [-0.2, -0.15) is 0 Å². The van der Waals surface area contributed by atoms with Crippen molar-refractivity contribution in [2.75, 3.05) is 0 Å². The molecule has 0 unspecified atom stereocenters. The van der Waals surface area contributed by atoms with Crippen LogP contribution in [0.2, 0.25) is 0 Å². The molecular formula is C135H81N9O3S3. The van der Waals surface area contributed by atoms with E-state index in [2.05, 4.69) is 336 Å². The van der Waals surface area contributed by atoms with Crippen LogP contribution in [0.4, 0.5) is 0 Å². The first kappa shape index (κ1) is 88.4. The van der Waals surface area contributed by atoms with Crippen molar-refractivity contribution in [3.63, 3.8) is 0 Å². The van der Waals surface area contributed by atoms with Crippen LogP contribution in [0, 0.1) is 0 Å². The molecule has 30 aromatic rings. The van der Waals surface area contributed by atoms with Gasteiger partial charge in [0.1, 0.15) is 33.5 Å². The molecule has 0 saturated carbocycles. The summed E-state index contributed by atoms with van der Waals surface area (Å²) in [5.41, 5.74) is 31.1. The molecule has 702 valence electrons. The van der Waals surface area contributed by atoms with Gasteiger partial charge < -0.3 is 13.3 Å². The average molecular weight is 1970 g/mol. The van der Waals surface area contributed by atoms with Gasteiger partial charge in [-0.05, 0) is 179 Å². The Kier molecular flexibility index (Phi) is 22.2. The summed E-state index contributed by atoms with van der Waals surface area (Å²) in [6.07, 6.45) is 5.46. The molecule has 12 nitrogen and oxygen atoms in total. The molecule has 0 amide bonds. The van der Waals surface area contributed by atoms with E-state index in [0.29, 0.717) is 17.5 Å². The van der Waals surface area contributed by atoms with E-state index in [1.165, 1.54) is 60.5 Å². The Morgan fingerprint density at radius 3 is 0.793 bits per heavy atom. The number of hydrogen-bond donors (Lipinski definition) is 0. The van der Waals surface area contributed by atoms with Gasteiger partial charge in [0.15, 0.2) is 17.5 Å². The first-order valence-electron chi connectivity index (χ1n) is 49.8. The van der Waals surface area contributed by atoms with Gasteiger partial charge in [0.2, 0.25) is 0 Å². The number of thiophene rings is 3. The van der Waals surface area contributed by atoms with E-state index in [1.54, 1.807) is 0 Å². The second-order valence-corrected chi connectivity index (χ2v) is 40.4. The number of aromatic nitrogens is 9. The lowest BCUT2D eigenvalue weighted by Crippen LogP contribution is -1.97. The number of pyridine rings is 3. The maximum absolute atomic E-state index is 6.74. The molecule has 0 saturated heterocycles. The predicted molar refractivity (Wildman–Crippen MR) is 622 cm³/mol. The number of para-hydroxylation sites is 3. The van der Waals surface area contributed by atoms with Crippen LogP contribution in [0.25, 0.3) is 295 Å². The Balaban J connectivity index is 0.000000108. The summed E-state index contributed by atoms with van der Waals surface area (Å²) in [5, 5.41) is 14.2. The third-order valence-electron chi connectivity index (χ3n) is 28.1. The molecule has 12 heterocycles. The average Bonchev–Trinajstić information content (AvgIpc) is 1.58. The van der Waals surface area contributed by atoms with Gasteiger partial charge >= 0.3 is 0 Å². The molecule has 0 aliphatic rings. The second kappa shape index (κ2) is 37.7. The summed E-state index contributed by atoms with van der Waals surface area (Å²) in [7, 11) is 0. The zero-order chi connectivity index (χ0) is 99.1. The van der Waals surface area contributed by atoms with Crippen LogP contribution < -0.4 is 0 Å². The number of fused-ring (bicyclic) bond motifs is 18. The van der Waals surface area contributed by atoms with Gasteiger partial charge in [0.05, 0.1) is 56.8 Å². The van der Waals surface area contributed by atoms with E-state index >= 15 is 0 Å². The van der Waals surface area contributed by atoms with Gasteiger partial charge in [-0.25, -0.2) is 29.9 Å². The normalized spacial score (nSPS) is 11.6. The van der Waals surface area contributed by atoms with E-state index in [-0.39, 0.29) is 0 Å². The molecule has 15 heteroatoms. The van der Waals surface area contributed by atoms with E-state index in [0.717, 1.165) is 217 Å². The van der Waals surface area contributed by atoms with Crippen molar-refractivity contribution in [1.29, 1.82) is 0 Å². The van der Waals surface area contributed by atoms with Gasteiger partial charge in [0.25, 0.3) is 0 Å². The minimum absolute atomic E-state index is 0.611. The molecule has 0 N–H and O–H groups in total. The Labute approximate surface area is 872 Å². The van der Waals surface area contributed by atoms with Crippen LogP contribution in [-0.2, 0) is 0 Å². The SMILES string of the molecule is c1ccc(-c2cc(-c3ccc(-c4ccc5c(c4)sc4ccccc45)c4c3oc3ccccc34)nc(-c3cccc(-c4ccccn4)c3)n2)cc1.c1ccc(-c2cc(-c3cccc(-c4ccccn4)c3)nc(-c3ccc(-c4ccc5c(c4)sc4ccccc45)c4c3oc3ccccc34)n2)cc1.c1ccc(-c2nc(-c3cccc(-c4ccccn4)c3)cc(-c3ccc(-c4ccc5c(c4)sc4ccccc45)c4c3oc3ccccc34)n2)cc1. The van der Waals surface area contributed by atoms with Crippen LogP contribution >= 0.6 is 34.0 Å². The van der Waals surface area contributed by atoms with Gasteiger partial charge in [-0.3, -0.25) is 15.0 Å². The Bertz CT molecular complexity index is 9570. The molecule has 0 aliphatic heterocycles. The number of rotatable bonds is 15. The number of hydrogen-bond acceptors (Lipinski definition) is 15. The van der Waals surface area contributed by atoms with Crippen molar-refractivity contribution in [2.24, 2.45) is 0 Å². The van der Waals surface area contributed by atoms with Crippen LogP contribution in [0.1, 0.15) is 0 Å². The molecule has 18 aromatic carbocycles. The summed E-state index contributed by atoms with van der Waals surface area (Å²) >= 11 is 5.50. The third-order valence-corrected chi connectivity index (χ3v) is 31.5. The van der Waals surface area contributed by atoms with Gasteiger partial charge in [0, 0.05) is 173 Å². The molecule has 0 bridgehead atoms. The molecule has 0 atom stereocenters. The number of furan rings is 3. The summed E-state index contributed by atoms with van der Waals surface area (Å²) in [6, 6.07) is 164. The Morgan fingerprint density at radius 2 is 0.413 bits per heavy atom. The maximum Gasteiger partial charge on any atom is 0.164 e. The van der Waals surface area contributed by atoms with Crippen molar-refractivity contribution in [3.8, 4) is 169 Å². The second-order valence-electron chi connectivity index (χ2n) is 37.2. The number of benzene rings is 18. The molecule has 0 radical (unpaired) electrons. The molecule has 30 rings (SSSR count). The lowest BCUT2D eigenvalue weighted by atomic mass is 9.95. The van der Waals surface area contributed by atoms with Gasteiger partial charge in [-0.1, -0.05) is 328 Å². The highest BCUT2D eigenvalue weighted by atomic mass is 32.1. The highest BCUT2D eigenvalue weighted by Crippen LogP contribution is 2.51. The highest BCUT2D eigenvalue weighted by molar-refractivity contribution is 7.26. The third kappa shape index (κ3) is 16.3. The first-order chi connectivity index (χ1) is 74.3. The summed E-state index contributed by atoms with van der Waals surface area (Å²) < 4.78 is 27.9. The predicted octanol–water partition coefficient (Wildman–Crippen LogP) is 37.4. The van der Waals surface area contributed by atoms with E-state index in [4.69, 9.17) is 43.2 Å². The quantitative estimate of drug-likeness (QED) is 0.0959. The first-order valence-corrected chi connectivity index (χ1v) is 52.2. The molecular weight excluding hydrogens is 1890 g/mol. The fourth-order valence-corrected chi connectivity index (χ4v) is 24.4. The zero-order valence-electron chi connectivity index (χ0n) is 80.2. The Morgan fingerprint density at radius 1 is 0.147 bits per heavy atom. The smallest absolute Gasteiger partial charge is 0.164 e. The monoisotopic (exact) mass is 1970 g/mol. The van der Waals surface area contributed by atoms with Crippen molar-refractivity contribution in [1.82, 2.24) is 44.9 Å². The number of nitrogens with zero attached hydrogens (tertiary/aromatic N) is 9. The minimum Gasteiger partial charge on any atom is -0.455 e. The summed E-state index contributed by atoms with van der Waals surface area (Å²) in [6.45, 7) is 0. The van der Waals surface area contributed by atoms with Crippen LogP contribution in [-0.4, -0.2) is 44.9 Å². The van der Waals surface area contributed by atoms with Crippen LogP contribution in [0.5, 0.6) is 0 Å². The fraction of sp³-hybridized carbons (Fsp3) is 0. The molecule has 0 spiro atoms. The Hall–Kier alpha value is -19.3. The minimum atomic E-state index is 0.611. The van der Waals surface area contributed by atoms with Gasteiger partial charge in [-0.15, -0.1) is 34.0 Å². The van der Waals surface area contributed by atoms with Crippen molar-refractivity contribution in [3.05, 3.63) is 492 Å². The molecule has 150 heavy (non-hydrogen) atoms. The van der Waals surface area contributed by atoms with E-state index in [9.17, 15) is 0 Å². The van der Waals surface area contributed by atoms with Crippen LogP contribution in [0.3, 0.4) is 0 Å².